The van der Waals surface area contributed by atoms with E-state index < -0.39 is 0 Å². The second-order valence-corrected chi connectivity index (χ2v) is 7.70. The lowest BCUT2D eigenvalue weighted by molar-refractivity contribution is -0.135. The number of benzene rings is 1. The average molecular weight is 416 g/mol. The maximum atomic E-state index is 12.5. The molecule has 0 unspecified atom stereocenters. The van der Waals surface area contributed by atoms with Gasteiger partial charge in [0.15, 0.2) is 0 Å². The summed E-state index contributed by atoms with van der Waals surface area (Å²) in [6.45, 7) is 4.30. The lowest BCUT2D eigenvalue weighted by Crippen LogP contribution is -2.43. The predicted octanol–water partition coefficient (Wildman–Crippen LogP) is 1.63. The number of piperidine rings is 1. The molecule has 1 saturated heterocycles. The zero-order valence-corrected chi connectivity index (χ0v) is 17.8. The third-order valence-corrected chi connectivity index (χ3v) is 5.47. The van der Waals surface area contributed by atoms with Crippen LogP contribution in [0.2, 0.25) is 0 Å². The summed E-state index contributed by atoms with van der Waals surface area (Å²) in [4.78, 5) is 48.3. The second-order valence-electron chi connectivity index (χ2n) is 7.70. The molecule has 7 heteroatoms. The Kier molecular flexibility index (Phi) is 10.0. The Morgan fingerprint density at radius 3 is 2.30 bits per heavy atom. The number of hydrogen-bond acceptors (Lipinski definition) is 4. The van der Waals surface area contributed by atoms with Gasteiger partial charge >= 0.3 is 0 Å². The zero-order valence-electron chi connectivity index (χ0n) is 17.8. The molecule has 1 aromatic rings. The minimum Gasteiger partial charge on any atom is -0.356 e. The summed E-state index contributed by atoms with van der Waals surface area (Å²) < 4.78 is 0. The van der Waals surface area contributed by atoms with E-state index in [0.29, 0.717) is 51.9 Å². The molecular formula is C23H33N3O4. The highest BCUT2D eigenvalue weighted by molar-refractivity contribution is 5.81. The largest absolute Gasteiger partial charge is 0.356 e. The Hall–Kier alpha value is -2.70. The van der Waals surface area contributed by atoms with Gasteiger partial charge in [-0.05, 0) is 36.8 Å². The van der Waals surface area contributed by atoms with Crippen molar-refractivity contribution in [1.82, 2.24) is 15.5 Å². The fraction of sp³-hybridized carbons (Fsp3) is 0.565. The minimum atomic E-state index is -0.147. The summed E-state index contributed by atoms with van der Waals surface area (Å²) in [5.41, 5.74) is 2.29. The van der Waals surface area contributed by atoms with Crippen LogP contribution in [-0.4, -0.2) is 55.1 Å². The van der Waals surface area contributed by atoms with Crippen LogP contribution in [0, 0.1) is 5.92 Å². The van der Waals surface area contributed by atoms with Crippen molar-refractivity contribution in [3.05, 3.63) is 35.4 Å². The van der Waals surface area contributed by atoms with Gasteiger partial charge in [0.25, 0.3) is 0 Å². The fourth-order valence-electron chi connectivity index (χ4n) is 3.52. The number of nitrogens with zero attached hydrogens (tertiary/aromatic N) is 1. The highest BCUT2D eigenvalue weighted by Crippen LogP contribution is 2.18. The van der Waals surface area contributed by atoms with Crippen molar-refractivity contribution in [3.63, 3.8) is 0 Å². The second kappa shape index (κ2) is 12.8. The van der Waals surface area contributed by atoms with E-state index in [1.807, 2.05) is 17.0 Å². The van der Waals surface area contributed by atoms with Gasteiger partial charge in [0.1, 0.15) is 6.29 Å². The molecule has 164 valence electrons. The van der Waals surface area contributed by atoms with Crippen molar-refractivity contribution >= 4 is 24.0 Å². The number of hydrogen-bond donors (Lipinski definition) is 2. The van der Waals surface area contributed by atoms with Crippen LogP contribution in [0.3, 0.4) is 0 Å². The SMILES string of the molecule is CCc1ccc(CC(=O)N2CCC(C(=O)NCCCNC(=O)CCC=O)CC2)cc1. The van der Waals surface area contributed by atoms with Crippen molar-refractivity contribution in [2.24, 2.45) is 5.92 Å². The van der Waals surface area contributed by atoms with Crippen LogP contribution in [0.25, 0.3) is 0 Å². The topological polar surface area (TPSA) is 95.6 Å². The van der Waals surface area contributed by atoms with Gasteiger partial charge in [-0.2, -0.15) is 0 Å². The molecule has 1 aliphatic rings. The minimum absolute atomic E-state index is 0.0181. The Morgan fingerprint density at radius 2 is 1.67 bits per heavy atom. The van der Waals surface area contributed by atoms with Crippen molar-refractivity contribution < 1.29 is 19.2 Å². The zero-order chi connectivity index (χ0) is 21.8. The Labute approximate surface area is 178 Å². The number of nitrogens with one attached hydrogen (secondary N) is 2. The van der Waals surface area contributed by atoms with Crippen LogP contribution in [0.1, 0.15) is 50.2 Å². The summed E-state index contributed by atoms with van der Waals surface area (Å²) in [7, 11) is 0. The molecule has 0 bridgehead atoms. The van der Waals surface area contributed by atoms with Gasteiger partial charge in [-0.15, -0.1) is 0 Å². The molecular weight excluding hydrogens is 382 g/mol. The highest BCUT2D eigenvalue weighted by atomic mass is 16.2. The first-order valence-electron chi connectivity index (χ1n) is 10.9. The molecule has 2 rings (SSSR count). The van der Waals surface area contributed by atoms with Crippen LogP contribution in [0.5, 0.6) is 0 Å². The Morgan fingerprint density at radius 1 is 1.03 bits per heavy atom. The molecule has 0 aromatic heterocycles. The number of carbonyl (C=O) groups excluding carboxylic acids is 4. The Bertz CT molecular complexity index is 710. The lowest BCUT2D eigenvalue weighted by Gasteiger charge is -2.31. The van der Waals surface area contributed by atoms with Crippen molar-refractivity contribution in [2.45, 2.75) is 51.9 Å². The quantitative estimate of drug-likeness (QED) is 0.424. The van der Waals surface area contributed by atoms with Gasteiger partial charge in [-0.25, -0.2) is 0 Å². The highest BCUT2D eigenvalue weighted by Gasteiger charge is 2.27. The molecule has 2 N–H and O–H groups in total. The van der Waals surface area contributed by atoms with Crippen molar-refractivity contribution in [3.8, 4) is 0 Å². The van der Waals surface area contributed by atoms with Crippen molar-refractivity contribution in [1.29, 1.82) is 0 Å². The molecule has 1 fully saturated rings. The van der Waals surface area contributed by atoms with Crippen LogP contribution in [-0.2, 0) is 32.0 Å². The first kappa shape index (κ1) is 23.6. The van der Waals surface area contributed by atoms with Gasteiger partial charge < -0.3 is 20.3 Å². The smallest absolute Gasteiger partial charge is 0.226 e. The summed E-state index contributed by atoms with van der Waals surface area (Å²) in [5, 5.41) is 5.64. The maximum Gasteiger partial charge on any atom is 0.226 e. The monoisotopic (exact) mass is 415 g/mol. The third kappa shape index (κ3) is 7.97. The van der Waals surface area contributed by atoms with Gasteiger partial charge in [0.05, 0.1) is 6.42 Å². The van der Waals surface area contributed by atoms with Crippen LogP contribution >= 0.6 is 0 Å². The van der Waals surface area contributed by atoms with Crippen molar-refractivity contribution in [2.75, 3.05) is 26.2 Å². The molecule has 0 saturated carbocycles. The number of amides is 3. The summed E-state index contributed by atoms with van der Waals surface area (Å²) in [5.74, 6) is -0.0835. The molecule has 1 aliphatic heterocycles. The first-order chi connectivity index (χ1) is 14.5. The van der Waals surface area contributed by atoms with Crippen LogP contribution in [0.4, 0.5) is 0 Å². The van der Waals surface area contributed by atoms with Gasteiger partial charge in [-0.1, -0.05) is 31.2 Å². The molecule has 0 spiro atoms. The molecule has 1 aromatic carbocycles. The third-order valence-electron chi connectivity index (χ3n) is 5.47. The normalized spacial score (nSPS) is 14.2. The van der Waals surface area contributed by atoms with E-state index >= 15 is 0 Å². The van der Waals surface area contributed by atoms with Crippen LogP contribution < -0.4 is 10.6 Å². The molecule has 3 amide bonds. The van der Waals surface area contributed by atoms with E-state index in [2.05, 4.69) is 29.7 Å². The van der Waals surface area contributed by atoms with E-state index in [0.717, 1.165) is 18.3 Å². The lowest BCUT2D eigenvalue weighted by atomic mass is 9.95. The van der Waals surface area contributed by atoms with E-state index in [9.17, 15) is 19.2 Å². The van der Waals surface area contributed by atoms with E-state index in [-0.39, 0.29) is 36.5 Å². The summed E-state index contributed by atoms with van der Waals surface area (Å²) in [6, 6.07) is 8.16. The van der Waals surface area contributed by atoms with Gasteiger partial charge in [-0.3, -0.25) is 14.4 Å². The summed E-state index contributed by atoms with van der Waals surface area (Å²) >= 11 is 0. The fourth-order valence-corrected chi connectivity index (χ4v) is 3.52. The van der Waals surface area contributed by atoms with E-state index in [1.54, 1.807) is 0 Å². The van der Waals surface area contributed by atoms with Gasteiger partial charge in [0.2, 0.25) is 17.7 Å². The number of likely N-dealkylation sites (tertiary alicyclic amines) is 1. The molecule has 0 atom stereocenters. The van der Waals surface area contributed by atoms with E-state index in [1.165, 1.54) is 5.56 Å². The molecule has 0 aliphatic carbocycles. The Balaban J connectivity index is 1.62. The standard InChI is InChI=1S/C23H33N3O4/c1-2-18-6-8-19(9-7-18)17-22(29)26-14-10-20(11-15-26)23(30)25-13-4-12-24-21(28)5-3-16-27/h6-9,16,20H,2-5,10-15,17H2,1H3,(H,24,28)(H,25,30). The maximum absolute atomic E-state index is 12.5. The first-order valence-corrected chi connectivity index (χ1v) is 10.9. The molecule has 30 heavy (non-hydrogen) atoms. The van der Waals surface area contributed by atoms with Gasteiger partial charge in [0, 0.05) is 44.9 Å². The molecule has 1 heterocycles. The molecule has 7 nitrogen and oxygen atoms in total. The van der Waals surface area contributed by atoms with E-state index in [4.69, 9.17) is 0 Å². The van der Waals surface area contributed by atoms with Crippen LogP contribution in [0.15, 0.2) is 24.3 Å². The number of aryl methyl sites for hydroxylation is 1. The average Bonchev–Trinajstić information content (AvgIpc) is 2.77. The number of rotatable bonds is 11. The number of aldehydes is 1. The predicted molar refractivity (Wildman–Crippen MR) is 115 cm³/mol. The summed E-state index contributed by atoms with van der Waals surface area (Å²) in [6.07, 6.45) is 4.55. The molecule has 0 radical (unpaired) electrons. The number of carbonyl (C=O) groups is 4.